The maximum Gasteiger partial charge on any atom is 0.472 e. The number of ether oxygens (including phenoxy) is 4. The first-order valence-electron chi connectivity index (χ1n) is 34.5. The minimum absolute atomic E-state index is 0.0966. The third kappa shape index (κ3) is 60.5. The monoisotopic (exact) mass is 1260 g/mol. The number of allylic oxidation sites excluding steroid dienone is 4. The van der Waals surface area contributed by atoms with Crippen LogP contribution >= 0.6 is 15.6 Å². The van der Waals surface area contributed by atoms with Gasteiger partial charge in [-0.3, -0.25) is 37.3 Å². The minimum Gasteiger partial charge on any atom is -0.462 e. The third-order valence-electron chi connectivity index (χ3n) is 14.9. The zero-order valence-electron chi connectivity index (χ0n) is 54.9. The van der Waals surface area contributed by atoms with E-state index in [4.69, 9.17) is 37.0 Å². The number of phosphoric ester groups is 2. The molecule has 0 rings (SSSR count). The lowest BCUT2D eigenvalue weighted by Gasteiger charge is -2.21. The summed E-state index contributed by atoms with van der Waals surface area (Å²) in [5.41, 5.74) is 0. The lowest BCUT2D eigenvalue weighted by Crippen LogP contribution is -2.30. The zero-order valence-corrected chi connectivity index (χ0v) is 56.7. The largest absolute Gasteiger partial charge is 0.472 e. The van der Waals surface area contributed by atoms with Gasteiger partial charge in [0.1, 0.15) is 19.3 Å². The van der Waals surface area contributed by atoms with Gasteiger partial charge in [-0.25, -0.2) is 9.13 Å². The van der Waals surface area contributed by atoms with E-state index in [1.54, 1.807) is 0 Å². The summed E-state index contributed by atoms with van der Waals surface area (Å²) >= 11 is 0. The minimum atomic E-state index is -4.95. The topological polar surface area (TPSA) is 237 Å². The molecule has 0 amide bonds. The van der Waals surface area contributed by atoms with Crippen molar-refractivity contribution in [1.82, 2.24) is 0 Å². The van der Waals surface area contributed by atoms with Gasteiger partial charge in [0, 0.05) is 25.7 Å². The second-order valence-corrected chi connectivity index (χ2v) is 26.9. The van der Waals surface area contributed by atoms with Gasteiger partial charge in [0.05, 0.1) is 26.4 Å². The Hall–Kier alpha value is -2.46. The predicted molar refractivity (Wildman–Crippen MR) is 344 cm³/mol. The van der Waals surface area contributed by atoms with Gasteiger partial charge < -0.3 is 33.8 Å². The SMILES string of the molecule is CCCCCC/C=C\C=C/CCCCCCCC(=O)OC[C@H](COP(=O)(O)OC[C@@H](O)COP(=O)(O)OC[C@@H](COC(=O)CCCCCCC)OC(=O)CCCCCCC)OC(=O)CCCCCCCCCCCCCCCCCCCCC(C)C. The number of unbranched alkanes of at least 4 members (excludes halogenated alkanes) is 34. The molecular formula is C67H126O17P2. The van der Waals surface area contributed by atoms with Gasteiger partial charge in [0.15, 0.2) is 12.2 Å². The van der Waals surface area contributed by atoms with Crippen molar-refractivity contribution in [2.24, 2.45) is 5.92 Å². The number of hydrogen-bond acceptors (Lipinski definition) is 15. The van der Waals surface area contributed by atoms with Crippen LogP contribution < -0.4 is 0 Å². The number of aliphatic hydroxyl groups is 1. The summed E-state index contributed by atoms with van der Waals surface area (Å²) in [7, 11) is -9.88. The first-order valence-corrected chi connectivity index (χ1v) is 37.4. The molecule has 0 saturated heterocycles. The Morgan fingerprint density at radius 1 is 0.360 bits per heavy atom. The molecule has 0 aromatic heterocycles. The Kier molecular flexibility index (Phi) is 58.4. The predicted octanol–water partition coefficient (Wildman–Crippen LogP) is 18.5. The van der Waals surface area contributed by atoms with Crippen molar-refractivity contribution < 1.29 is 80.2 Å². The quantitative estimate of drug-likeness (QED) is 0.0169. The number of esters is 4. The Balaban J connectivity index is 5.08. The van der Waals surface area contributed by atoms with Crippen molar-refractivity contribution in [1.29, 1.82) is 0 Å². The van der Waals surface area contributed by atoms with Crippen LogP contribution in [0, 0.1) is 5.92 Å². The standard InChI is InChI=1S/C67H126O17P2/c1-6-9-12-15-16-17-18-19-24-28-31-34-37-42-46-51-65(70)78-57-63(84-67(72)53-48-43-38-35-32-29-26-23-21-20-22-25-27-30-33-36-41-44-49-60(4)5)59-82-86(75,76)80-55-61(68)54-79-85(73,74)81-58-62(83-66(71)52-47-40-14-11-8-3)56-77-64(69)50-45-39-13-10-7-2/h17-19,24,60-63,68H,6-16,20-23,25-59H2,1-5H3,(H,73,74)(H,75,76)/b18-17-,24-19-/t61-,62+,63+/m0/s1. The molecule has 0 radical (unpaired) electrons. The molecule has 0 saturated carbocycles. The summed E-state index contributed by atoms with van der Waals surface area (Å²) in [5, 5.41) is 10.5. The van der Waals surface area contributed by atoms with E-state index in [2.05, 4.69) is 58.9 Å². The van der Waals surface area contributed by atoms with E-state index in [9.17, 15) is 43.2 Å². The van der Waals surface area contributed by atoms with Gasteiger partial charge in [0.2, 0.25) is 0 Å². The first-order chi connectivity index (χ1) is 41.5. The van der Waals surface area contributed by atoms with Gasteiger partial charge in [-0.15, -0.1) is 0 Å². The Labute approximate surface area is 522 Å². The molecule has 0 heterocycles. The Morgan fingerprint density at radius 2 is 0.628 bits per heavy atom. The maximum absolute atomic E-state index is 13.0. The highest BCUT2D eigenvalue weighted by atomic mass is 31.2. The molecule has 86 heavy (non-hydrogen) atoms. The van der Waals surface area contributed by atoms with Crippen LogP contribution in [0.4, 0.5) is 0 Å². The number of aliphatic hydroxyl groups excluding tert-OH is 1. The fourth-order valence-corrected chi connectivity index (χ4v) is 11.2. The van der Waals surface area contributed by atoms with Crippen LogP contribution in [-0.4, -0.2) is 96.7 Å². The second-order valence-electron chi connectivity index (χ2n) is 24.0. The fraction of sp³-hybridized carbons (Fsp3) is 0.881. The van der Waals surface area contributed by atoms with Crippen LogP contribution in [0.5, 0.6) is 0 Å². The van der Waals surface area contributed by atoms with E-state index in [0.29, 0.717) is 25.7 Å². The van der Waals surface area contributed by atoms with Gasteiger partial charge >= 0.3 is 39.5 Å². The summed E-state index contributed by atoms with van der Waals surface area (Å²) in [6, 6.07) is 0. The van der Waals surface area contributed by atoms with Crippen molar-refractivity contribution in [2.75, 3.05) is 39.6 Å². The number of rotatable bonds is 65. The molecule has 0 aliphatic rings. The Morgan fingerprint density at radius 3 is 0.953 bits per heavy atom. The van der Waals surface area contributed by atoms with Crippen molar-refractivity contribution in [2.45, 2.75) is 335 Å². The van der Waals surface area contributed by atoms with Crippen LogP contribution in [0.25, 0.3) is 0 Å². The van der Waals surface area contributed by atoms with Crippen molar-refractivity contribution in [3.05, 3.63) is 24.3 Å². The average Bonchev–Trinajstić information content (AvgIpc) is 3.57. The second kappa shape index (κ2) is 60.1. The molecule has 0 bridgehead atoms. The van der Waals surface area contributed by atoms with E-state index in [1.165, 1.54) is 116 Å². The highest BCUT2D eigenvalue weighted by molar-refractivity contribution is 7.47. The summed E-state index contributed by atoms with van der Waals surface area (Å²) in [6.45, 7) is 7.00. The molecule has 0 aromatic carbocycles. The van der Waals surface area contributed by atoms with Crippen molar-refractivity contribution >= 4 is 39.5 Å². The third-order valence-corrected chi connectivity index (χ3v) is 16.8. The van der Waals surface area contributed by atoms with E-state index in [-0.39, 0.29) is 25.7 Å². The zero-order chi connectivity index (χ0) is 63.5. The molecule has 0 aromatic rings. The molecule has 2 unspecified atom stereocenters. The van der Waals surface area contributed by atoms with Crippen LogP contribution in [0.1, 0.15) is 317 Å². The van der Waals surface area contributed by atoms with Gasteiger partial charge in [-0.05, 0) is 57.3 Å². The molecule has 0 spiro atoms. The maximum atomic E-state index is 13.0. The Bertz CT molecular complexity index is 1760. The number of phosphoric acid groups is 2. The number of carbonyl (C=O) groups is 4. The normalized spacial score (nSPS) is 14.3. The molecule has 19 heteroatoms. The van der Waals surface area contributed by atoms with Crippen molar-refractivity contribution in [3.63, 3.8) is 0 Å². The summed E-state index contributed by atoms with van der Waals surface area (Å²) in [5.74, 6) is -1.36. The number of carbonyl (C=O) groups excluding carboxylic acids is 4. The van der Waals surface area contributed by atoms with Gasteiger partial charge in [-0.2, -0.15) is 0 Å². The smallest absolute Gasteiger partial charge is 0.462 e. The summed E-state index contributed by atoms with van der Waals surface area (Å²) in [6.07, 6.45) is 49.0. The summed E-state index contributed by atoms with van der Waals surface area (Å²) < 4.78 is 67.6. The summed E-state index contributed by atoms with van der Waals surface area (Å²) in [4.78, 5) is 71.7. The molecule has 0 fully saturated rings. The molecule has 5 atom stereocenters. The van der Waals surface area contributed by atoms with Crippen LogP contribution in [0.3, 0.4) is 0 Å². The molecule has 0 aliphatic carbocycles. The van der Waals surface area contributed by atoms with E-state index in [0.717, 1.165) is 121 Å². The highest BCUT2D eigenvalue weighted by Gasteiger charge is 2.30. The molecule has 0 aliphatic heterocycles. The highest BCUT2D eigenvalue weighted by Crippen LogP contribution is 2.45. The average molecular weight is 1270 g/mol. The van der Waals surface area contributed by atoms with E-state index < -0.39 is 97.5 Å². The van der Waals surface area contributed by atoms with E-state index in [1.807, 2.05) is 0 Å². The lowest BCUT2D eigenvalue weighted by atomic mass is 10.0. The molecular weight excluding hydrogens is 1140 g/mol. The fourth-order valence-electron chi connectivity index (χ4n) is 9.57. The molecule has 506 valence electrons. The number of hydrogen-bond donors (Lipinski definition) is 3. The lowest BCUT2D eigenvalue weighted by molar-refractivity contribution is -0.161. The first kappa shape index (κ1) is 83.5. The van der Waals surface area contributed by atoms with Crippen LogP contribution in [0.2, 0.25) is 0 Å². The van der Waals surface area contributed by atoms with Gasteiger partial charge in [-0.1, -0.05) is 264 Å². The van der Waals surface area contributed by atoms with Crippen molar-refractivity contribution in [3.8, 4) is 0 Å². The van der Waals surface area contributed by atoms with Crippen LogP contribution in [-0.2, 0) is 65.4 Å². The van der Waals surface area contributed by atoms with E-state index >= 15 is 0 Å². The van der Waals surface area contributed by atoms with Gasteiger partial charge in [0.25, 0.3) is 0 Å². The van der Waals surface area contributed by atoms with Crippen LogP contribution in [0.15, 0.2) is 24.3 Å². The molecule has 17 nitrogen and oxygen atoms in total. The molecule has 3 N–H and O–H groups in total.